The Labute approximate surface area is 259 Å². The minimum absolute atomic E-state index is 0.00355. The largest absolute Gasteiger partial charge is 0.490 e. The van der Waals surface area contributed by atoms with Crippen LogP contribution < -0.4 is 9.47 Å². The van der Waals surface area contributed by atoms with Gasteiger partial charge in [0.05, 0.1) is 28.3 Å². The Kier molecular flexibility index (Phi) is 11.6. The van der Waals surface area contributed by atoms with Gasteiger partial charge in [-0.25, -0.2) is 9.59 Å². The van der Waals surface area contributed by atoms with Gasteiger partial charge in [-0.2, -0.15) is 0 Å². The Morgan fingerprint density at radius 2 is 1.60 bits per heavy atom. The second kappa shape index (κ2) is 14.5. The minimum atomic E-state index is -0.619. The van der Waals surface area contributed by atoms with E-state index in [1.807, 2.05) is 72.9 Å². The number of benzene rings is 2. The van der Waals surface area contributed by atoms with Crippen LogP contribution in [-0.4, -0.2) is 79.5 Å². The fourth-order valence-corrected chi connectivity index (χ4v) is 5.48. The first-order chi connectivity index (χ1) is 19.7. The fraction of sp³-hybridized carbons (Fsp3) is 0.500. The number of allylic oxidation sites excluding steroid dienone is 1. The summed E-state index contributed by atoms with van der Waals surface area (Å²) < 4.78 is 22.7. The lowest BCUT2D eigenvalue weighted by Gasteiger charge is -2.44. The molecule has 1 aliphatic heterocycles. The zero-order valence-electron chi connectivity index (χ0n) is 25.8. The topological polar surface area (TPSA) is 77.5 Å². The van der Waals surface area contributed by atoms with Crippen molar-refractivity contribution in [3.05, 3.63) is 63.1 Å². The molecule has 0 spiro atoms. The molecular formula is C32H42Cl2N2O6. The maximum Gasteiger partial charge on any atom is 0.410 e. The standard InChI is InChI=1S/C32H42Cl2N2O6/c1-9-39-30(37)28(27-19-36(18-21(3)35(27)8)31(38)42-32(5,6)7)22(4)23-10-12-24(13-11-23)40-14-15-41-29-25(33)16-20(2)17-26(29)34/h10-13,16-17,21,27H,9,14-15,18-19H2,1-8H3/b28-22-. The number of aryl methyl sites for hydroxylation is 1. The zero-order valence-corrected chi connectivity index (χ0v) is 27.3. The molecule has 1 saturated heterocycles. The van der Waals surface area contributed by atoms with Gasteiger partial charge in [0.1, 0.15) is 24.6 Å². The Balaban J connectivity index is 1.77. The molecule has 8 nitrogen and oxygen atoms in total. The second-order valence-electron chi connectivity index (χ2n) is 11.5. The van der Waals surface area contributed by atoms with E-state index in [-0.39, 0.29) is 31.9 Å². The van der Waals surface area contributed by atoms with Gasteiger partial charge in [-0.05, 0) is 96.5 Å². The van der Waals surface area contributed by atoms with Crippen molar-refractivity contribution in [2.45, 2.75) is 66.2 Å². The molecule has 10 heteroatoms. The van der Waals surface area contributed by atoms with Crippen molar-refractivity contribution < 1.29 is 28.5 Å². The quantitative estimate of drug-likeness (QED) is 0.169. The van der Waals surface area contributed by atoms with E-state index in [4.69, 9.17) is 42.1 Å². The van der Waals surface area contributed by atoms with Crippen LogP contribution in [0.4, 0.5) is 4.79 Å². The summed E-state index contributed by atoms with van der Waals surface area (Å²) >= 11 is 12.5. The van der Waals surface area contributed by atoms with Crippen molar-refractivity contribution in [2.75, 3.05) is 40.0 Å². The van der Waals surface area contributed by atoms with Gasteiger partial charge in [0.25, 0.3) is 0 Å². The molecule has 0 aliphatic carbocycles. The summed E-state index contributed by atoms with van der Waals surface area (Å²) in [7, 11) is 1.96. The molecule has 0 N–H and O–H groups in total. The fourth-order valence-electron chi connectivity index (χ4n) is 4.77. The van der Waals surface area contributed by atoms with Crippen molar-refractivity contribution in [1.29, 1.82) is 0 Å². The normalized spacial score (nSPS) is 18.3. The first-order valence-electron chi connectivity index (χ1n) is 14.1. The number of carbonyl (C=O) groups is 2. The lowest BCUT2D eigenvalue weighted by Crippen LogP contribution is -2.59. The number of carbonyl (C=O) groups excluding carboxylic acids is 2. The predicted octanol–water partition coefficient (Wildman–Crippen LogP) is 7.04. The van der Waals surface area contributed by atoms with E-state index in [2.05, 4.69) is 4.90 Å². The van der Waals surface area contributed by atoms with Crippen molar-refractivity contribution >= 4 is 40.8 Å². The summed E-state index contributed by atoms with van der Waals surface area (Å²) in [6.45, 7) is 14.7. The van der Waals surface area contributed by atoms with E-state index in [1.165, 1.54) is 0 Å². The Hall–Kier alpha value is -2.94. The highest BCUT2D eigenvalue weighted by atomic mass is 35.5. The molecule has 42 heavy (non-hydrogen) atoms. The summed E-state index contributed by atoms with van der Waals surface area (Å²) in [6, 6.07) is 10.7. The Morgan fingerprint density at radius 3 is 2.17 bits per heavy atom. The van der Waals surface area contributed by atoms with Crippen LogP contribution in [0.2, 0.25) is 10.0 Å². The second-order valence-corrected chi connectivity index (χ2v) is 12.3. The Morgan fingerprint density at radius 1 is 1.00 bits per heavy atom. The third-order valence-electron chi connectivity index (χ3n) is 6.98. The molecule has 2 unspecified atom stereocenters. The summed E-state index contributed by atoms with van der Waals surface area (Å²) in [5.74, 6) is 0.673. The van der Waals surface area contributed by atoms with Crippen LogP contribution >= 0.6 is 23.2 Å². The van der Waals surface area contributed by atoms with E-state index in [0.717, 1.165) is 16.7 Å². The van der Waals surface area contributed by atoms with E-state index in [1.54, 1.807) is 24.0 Å². The lowest BCUT2D eigenvalue weighted by atomic mass is 9.92. The number of piperazine rings is 1. The van der Waals surface area contributed by atoms with Crippen LogP contribution in [-0.2, 0) is 14.3 Å². The van der Waals surface area contributed by atoms with Crippen LogP contribution in [0.15, 0.2) is 42.0 Å². The van der Waals surface area contributed by atoms with E-state index in [9.17, 15) is 9.59 Å². The van der Waals surface area contributed by atoms with Crippen molar-refractivity contribution in [1.82, 2.24) is 9.80 Å². The van der Waals surface area contributed by atoms with E-state index < -0.39 is 17.7 Å². The van der Waals surface area contributed by atoms with E-state index in [0.29, 0.717) is 40.2 Å². The Bertz CT molecular complexity index is 1270. The molecule has 2 aromatic rings. The molecule has 1 fully saturated rings. The number of halogens is 2. The monoisotopic (exact) mass is 620 g/mol. The van der Waals surface area contributed by atoms with Crippen LogP contribution in [0, 0.1) is 6.92 Å². The molecular weight excluding hydrogens is 579 g/mol. The average molecular weight is 622 g/mol. The van der Waals surface area contributed by atoms with Gasteiger partial charge in [0.15, 0.2) is 5.75 Å². The number of esters is 1. The van der Waals surface area contributed by atoms with Gasteiger partial charge >= 0.3 is 12.1 Å². The summed E-state index contributed by atoms with van der Waals surface area (Å²) in [5.41, 5.74) is 2.45. The average Bonchev–Trinajstić information content (AvgIpc) is 2.89. The highest BCUT2D eigenvalue weighted by Gasteiger charge is 2.39. The predicted molar refractivity (Wildman–Crippen MR) is 167 cm³/mol. The molecule has 0 radical (unpaired) electrons. The third-order valence-corrected chi connectivity index (χ3v) is 7.54. The van der Waals surface area contributed by atoms with Gasteiger partial charge < -0.3 is 23.8 Å². The molecule has 0 bridgehead atoms. The zero-order chi connectivity index (χ0) is 31.2. The molecule has 0 aromatic heterocycles. The summed E-state index contributed by atoms with van der Waals surface area (Å²) in [4.78, 5) is 30.1. The van der Waals surface area contributed by atoms with E-state index >= 15 is 0 Å². The molecule has 2 atom stereocenters. The highest BCUT2D eigenvalue weighted by Crippen LogP contribution is 2.34. The van der Waals surface area contributed by atoms with Gasteiger partial charge in [-0.1, -0.05) is 35.3 Å². The van der Waals surface area contributed by atoms with Crippen LogP contribution in [0.1, 0.15) is 52.7 Å². The molecule has 1 amide bonds. The molecule has 1 aliphatic rings. The molecule has 2 aromatic carbocycles. The third kappa shape index (κ3) is 8.79. The molecule has 3 rings (SSSR count). The number of nitrogens with zero attached hydrogens (tertiary/aromatic N) is 2. The number of rotatable bonds is 9. The summed E-state index contributed by atoms with van der Waals surface area (Å²) in [5, 5.41) is 0.910. The number of amides is 1. The maximum absolute atomic E-state index is 13.3. The van der Waals surface area contributed by atoms with Crippen molar-refractivity contribution in [3.8, 4) is 11.5 Å². The van der Waals surface area contributed by atoms with Crippen LogP contribution in [0.3, 0.4) is 0 Å². The molecule has 230 valence electrons. The number of hydrogen-bond acceptors (Lipinski definition) is 7. The smallest absolute Gasteiger partial charge is 0.410 e. The molecule has 1 heterocycles. The van der Waals surface area contributed by atoms with Gasteiger partial charge in [0.2, 0.25) is 0 Å². The van der Waals surface area contributed by atoms with Crippen LogP contribution in [0.25, 0.3) is 5.57 Å². The minimum Gasteiger partial charge on any atom is -0.490 e. The number of likely N-dealkylation sites (N-methyl/N-ethyl adjacent to an activating group) is 1. The number of hydrogen-bond donors (Lipinski definition) is 0. The first kappa shape index (κ1) is 33.6. The van der Waals surface area contributed by atoms with Gasteiger partial charge in [-0.3, -0.25) is 4.90 Å². The SMILES string of the molecule is CCOC(=O)/C(=C(/C)c1ccc(OCCOc2c(Cl)cc(C)cc2Cl)cc1)C1CN(C(=O)OC(C)(C)C)CC(C)N1C. The van der Waals surface area contributed by atoms with Crippen molar-refractivity contribution in [2.24, 2.45) is 0 Å². The highest BCUT2D eigenvalue weighted by molar-refractivity contribution is 6.37. The van der Waals surface area contributed by atoms with Gasteiger partial charge in [0, 0.05) is 19.1 Å². The number of ether oxygens (including phenoxy) is 4. The first-order valence-corrected chi connectivity index (χ1v) is 14.9. The van der Waals surface area contributed by atoms with Gasteiger partial charge in [-0.15, -0.1) is 0 Å². The molecule has 0 saturated carbocycles. The maximum atomic E-state index is 13.3. The van der Waals surface area contributed by atoms with Crippen LogP contribution in [0.5, 0.6) is 11.5 Å². The lowest BCUT2D eigenvalue weighted by molar-refractivity contribution is -0.139. The summed E-state index contributed by atoms with van der Waals surface area (Å²) in [6.07, 6.45) is -0.397. The van der Waals surface area contributed by atoms with Crippen molar-refractivity contribution in [3.63, 3.8) is 0 Å².